The van der Waals surface area contributed by atoms with Crippen molar-refractivity contribution in [3.8, 4) is 0 Å². The van der Waals surface area contributed by atoms with Crippen LogP contribution in [0.4, 0.5) is 0 Å². The summed E-state index contributed by atoms with van der Waals surface area (Å²) in [6.45, 7) is 5.41. The third-order valence-electron chi connectivity index (χ3n) is 5.39. The van der Waals surface area contributed by atoms with Crippen molar-refractivity contribution >= 4 is 5.91 Å². The molecule has 2 N–H and O–H groups in total. The van der Waals surface area contributed by atoms with Gasteiger partial charge in [-0.1, -0.05) is 46.0 Å². The van der Waals surface area contributed by atoms with Crippen LogP contribution in [0.25, 0.3) is 0 Å². The topological polar surface area (TPSA) is 46.3 Å². The van der Waals surface area contributed by atoms with Crippen LogP contribution in [0, 0.1) is 5.92 Å². The highest BCUT2D eigenvalue weighted by Gasteiger charge is 2.34. The predicted molar refractivity (Wildman–Crippen MR) is 88.0 cm³/mol. The molecule has 3 heteroatoms. The van der Waals surface area contributed by atoms with E-state index < -0.39 is 0 Å². The zero-order chi connectivity index (χ0) is 15.3. The van der Waals surface area contributed by atoms with Crippen LogP contribution in [0.2, 0.25) is 0 Å². The summed E-state index contributed by atoms with van der Waals surface area (Å²) in [5.41, 5.74) is 6.29. The molecule has 0 bridgehead atoms. The van der Waals surface area contributed by atoms with E-state index >= 15 is 0 Å². The van der Waals surface area contributed by atoms with Crippen LogP contribution in [-0.4, -0.2) is 28.9 Å². The van der Waals surface area contributed by atoms with Gasteiger partial charge < -0.3 is 10.6 Å². The smallest absolute Gasteiger partial charge is 0.224 e. The molecule has 0 heterocycles. The van der Waals surface area contributed by atoms with Gasteiger partial charge in [0.1, 0.15) is 0 Å². The summed E-state index contributed by atoms with van der Waals surface area (Å²) in [5.74, 6) is 0.982. The summed E-state index contributed by atoms with van der Waals surface area (Å²) in [6, 6.07) is 0.489. The number of carbonyl (C=O) groups is 1. The van der Waals surface area contributed by atoms with Crippen LogP contribution in [0.5, 0.6) is 0 Å². The zero-order valence-electron chi connectivity index (χ0n) is 14.1. The molecule has 1 amide bonds. The highest BCUT2D eigenvalue weighted by Crippen LogP contribution is 2.31. The maximum absolute atomic E-state index is 12.9. The van der Waals surface area contributed by atoms with E-state index in [1.165, 1.54) is 44.9 Å². The van der Waals surface area contributed by atoms with E-state index in [0.29, 0.717) is 24.3 Å². The maximum Gasteiger partial charge on any atom is 0.224 e. The predicted octanol–water partition coefficient (Wildman–Crippen LogP) is 3.86. The van der Waals surface area contributed by atoms with Crippen molar-refractivity contribution in [2.24, 2.45) is 11.7 Å². The fraction of sp³-hybridized carbons (Fsp3) is 0.944. The molecule has 0 atom stereocenters. The minimum Gasteiger partial charge on any atom is -0.340 e. The summed E-state index contributed by atoms with van der Waals surface area (Å²) < 4.78 is 0. The molecule has 2 rings (SSSR count). The summed E-state index contributed by atoms with van der Waals surface area (Å²) in [7, 11) is 0. The van der Waals surface area contributed by atoms with Crippen molar-refractivity contribution in [1.82, 2.24) is 4.90 Å². The lowest BCUT2D eigenvalue weighted by Crippen LogP contribution is -2.49. The Balaban J connectivity index is 1.95. The largest absolute Gasteiger partial charge is 0.340 e. The van der Waals surface area contributed by atoms with Crippen molar-refractivity contribution in [2.75, 3.05) is 6.54 Å². The molecule has 0 aromatic heterocycles. The van der Waals surface area contributed by atoms with Gasteiger partial charge in [0.15, 0.2) is 0 Å². The molecule has 122 valence electrons. The molecule has 0 unspecified atom stereocenters. The lowest BCUT2D eigenvalue weighted by molar-refractivity contribution is -0.135. The molecule has 2 aliphatic rings. The van der Waals surface area contributed by atoms with Crippen molar-refractivity contribution in [1.29, 1.82) is 0 Å². The molecule has 2 fully saturated rings. The van der Waals surface area contributed by atoms with Gasteiger partial charge in [0, 0.05) is 24.5 Å². The second-order valence-electron chi connectivity index (χ2n) is 7.81. The van der Waals surface area contributed by atoms with Crippen LogP contribution < -0.4 is 5.73 Å². The normalized spacial score (nSPS) is 22.7. The van der Waals surface area contributed by atoms with Gasteiger partial charge in [0.05, 0.1) is 0 Å². The lowest BCUT2D eigenvalue weighted by Gasteiger charge is -2.37. The fourth-order valence-electron chi connectivity index (χ4n) is 3.96. The molecule has 0 spiro atoms. The lowest BCUT2D eigenvalue weighted by atomic mass is 9.80. The number of hydrogen-bond acceptors (Lipinski definition) is 2. The number of carbonyl (C=O) groups excluding carboxylic acids is 1. The second kappa shape index (κ2) is 7.62. The SMILES string of the molecule is CC(C)CCN(C(=O)CC1(N)CCCCC1)C1CCCC1. The van der Waals surface area contributed by atoms with Crippen LogP contribution >= 0.6 is 0 Å². The number of amides is 1. The monoisotopic (exact) mass is 294 g/mol. The Morgan fingerprint density at radius 3 is 2.33 bits per heavy atom. The van der Waals surface area contributed by atoms with Gasteiger partial charge in [0.2, 0.25) is 5.91 Å². The number of nitrogens with zero attached hydrogens (tertiary/aromatic N) is 1. The average molecular weight is 294 g/mol. The number of hydrogen-bond donors (Lipinski definition) is 1. The van der Waals surface area contributed by atoms with Crippen molar-refractivity contribution in [2.45, 2.75) is 96.1 Å². The Morgan fingerprint density at radius 1 is 1.14 bits per heavy atom. The minimum atomic E-state index is -0.218. The molecule has 3 nitrogen and oxygen atoms in total. The van der Waals surface area contributed by atoms with Gasteiger partial charge in [0.25, 0.3) is 0 Å². The van der Waals surface area contributed by atoms with E-state index in [2.05, 4.69) is 18.7 Å². The molecular formula is C18H34N2O. The van der Waals surface area contributed by atoms with E-state index in [-0.39, 0.29) is 5.54 Å². The van der Waals surface area contributed by atoms with Crippen LogP contribution in [-0.2, 0) is 4.79 Å². The van der Waals surface area contributed by atoms with Crippen LogP contribution in [0.1, 0.15) is 84.5 Å². The first-order valence-corrected chi connectivity index (χ1v) is 9.08. The van der Waals surface area contributed by atoms with E-state index in [4.69, 9.17) is 5.73 Å². The van der Waals surface area contributed by atoms with Gasteiger partial charge in [-0.2, -0.15) is 0 Å². The third kappa shape index (κ3) is 4.98. The molecule has 0 radical (unpaired) electrons. The third-order valence-corrected chi connectivity index (χ3v) is 5.39. The molecule has 0 saturated heterocycles. The molecule has 0 aromatic rings. The van der Waals surface area contributed by atoms with Gasteiger partial charge in [-0.05, 0) is 38.0 Å². The van der Waals surface area contributed by atoms with E-state index in [1.807, 2.05) is 0 Å². The quantitative estimate of drug-likeness (QED) is 0.808. The number of rotatable bonds is 6. The standard InChI is InChI=1S/C18H34N2O/c1-15(2)10-13-20(16-8-4-5-9-16)17(21)14-18(19)11-6-3-7-12-18/h15-16H,3-14,19H2,1-2H3. The van der Waals surface area contributed by atoms with Crippen LogP contribution in [0.3, 0.4) is 0 Å². The van der Waals surface area contributed by atoms with Crippen molar-refractivity contribution in [3.05, 3.63) is 0 Å². The Kier molecular flexibility index (Phi) is 6.09. The summed E-state index contributed by atoms with van der Waals surface area (Å²) in [5, 5.41) is 0. The first kappa shape index (κ1) is 16.8. The first-order valence-electron chi connectivity index (χ1n) is 9.08. The Hall–Kier alpha value is -0.570. The molecule has 0 aliphatic heterocycles. The van der Waals surface area contributed by atoms with E-state index in [9.17, 15) is 4.79 Å². The Labute approximate surface area is 130 Å². The number of nitrogens with two attached hydrogens (primary N) is 1. The van der Waals surface area contributed by atoms with Gasteiger partial charge in [-0.15, -0.1) is 0 Å². The molecule has 2 saturated carbocycles. The van der Waals surface area contributed by atoms with E-state index in [0.717, 1.165) is 25.8 Å². The van der Waals surface area contributed by atoms with E-state index in [1.54, 1.807) is 0 Å². The van der Waals surface area contributed by atoms with Gasteiger partial charge >= 0.3 is 0 Å². The first-order chi connectivity index (χ1) is 10.0. The summed E-state index contributed by atoms with van der Waals surface area (Å²) >= 11 is 0. The highest BCUT2D eigenvalue weighted by atomic mass is 16.2. The Bertz CT molecular complexity index is 328. The van der Waals surface area contributed by atoms with Crippen molar-refractivity contribution in [3.63, 3.8) is 0 Å². The highest BCUT2D eigenvalue weighted by molar-refractivity contribution is 5.78. The molecule has 0 aromatic carbocycles. The summed E-state index contributed by atoms with van der Waals surface area (Å²) in [4.78, 5) is 15.1. The molecular weight excluding hydrogens is 260 g/mol. The average Bonchev–Trinajstić information content (AvgIpc) is 2.92. The van der Waals surface area contributed by atoms with Crippen LogP contribution in [0.15, 0.2) is 0 Å². The maximum atomic E-state index is 12.9. The second-order valence-corrected chi connectivity index (χ2v) is 7.81. The minimum absolute atomic E-state index is 0.218. The molecule has 2 aliphatic carbocycles. The van der Waals surface area contributed by atoms with Gasteiger partial charge in [-0.3, -0.25) is 4.79 Å². The molecule has 21 heavy (non-hydrogen) atoms. The Morgan fingerprint density at radius 2 is 1.76 bits per heavy atom. The van der Waals surface area contributed by atoms with Crippen molar-refractivity contribution < 1.29 is 4.79 Å². The zero-order valence-corrected chi connectivity index (χ0v) is 14.1. The fourth-order valence-corrected chi connectivity index (χ4v) is 3.96. The summed E-state index contributed by atoms with van der Waals surface area (Å²) in [6.07, 6.45) is 12.4. The van der Waals surface area contributed by atoms with Gasteiger partial charge in [-0.25, -0.2) is 0 Å².